The topological polar surface area (TPSA) is 126 Å². The van der Waals surface area contributed by atoms with Crippen molar-refractivity contribution in [3.8, 4) is 0 Å². The summed E-state index contributed by atoms with van der Waals surface area (Å²) in [6.07, 6.45) is -9.22. The SMILES string of the molecule is C[C@@H]1CC[C@H]2C(COC(=O)c3ccc(C(=O)OCC4=C(C(F)(F)F)O[C@@H]5O[C@]6(C)CC[C@H]7[C@H](C)CC[C@@H]4[C@@]57OO6)s3)=C(C(F)(F)F)O[C@@H]3O[C@]4(C)CC[C@@H]1[C@]32OO4. The fourth-order valence-electron chi connectivity index (χ4n) is 10.8. The molecule has 0 amide bonds. The number of hydrogen-bond acceptors (Lipinski definition) is 13. The average molecular weight is 837 g/mol. The van der Waals surface area contributed by atoms with Gasteiger partial charge in [-0.05, 0) is 76.3 Å². The Morgan fingerprint density at radius 1 is 0.667 bits per heavy atom. The van der Waals surface area contributed by atoms with Crippen molar-refractivity contribution in [1.29, 1.82) is 0 Å². The first kappa shape index (κ1) is 39.5. The lowest BCUT2D eigenvalue weighted by atomic mass is 9.59. The number of hydrogen-bond donors (Lipinski definition) is 0. The molecule has 4 bridgehead atoms. The molecule has 57 heavy (non-hydrogen) atoms. The zero-order chi connectivity index (χ0) is 40.5. The van der Waals surface area contributed by atoms with Crippen LogP contribution in [0.2, 0.25) is 0 Å². The second-order valence-corrected chi connectivity index (χ2v) is 18.1. The van der Waals surface area contributed by atoms with Gasteiger partial charge in [0.2, 0.25) is 35.7 Å². The maximum atomic E-state index is 14.6. The number of thiophene rings is 1. The third kappa shape index (κ3) is 6.14. The summed E-state index contributed by atoms with van der Waals surface area (Å²) in [4.78, 5) is 49.6. The van der Waals surface area contributed by atoms with Gasteiger partial charge in [0.25, 0.3) is 0 Å². The minimum atomic E-state index is -4.96. The summed E-state index contributed by atoms with van der Waals surface area (Å²) in [6, 6.07) is 2.44. The maximum Gasteiger partial charge on any atom is 0.449 e. The summed E-state index contributed by atoms with van der Waals surface area (Å²) in [7, 11) is 0. The van der Waals surface area contributed by atoms with E-state index in [4.69, 9.17) is 48.0 Å². The summed E-state index contributed by atoms with van der Waals surface area (Å²) in [5.41, 5.74) is -3.46. The number of alkyl halides is 6. The highest BCUT2D eigenvalue weighted by Crippen LogP contribution is 2.63. The Hall–Kier alpha value is -2.94. The van der Waals surface area contributed by atoms with E-state index < -0.39 is 96.2 Å². The van der Waals surface area contributed by atoms with Crippen LogP contribution in [-0.4, -0.2) is 72.9 Å². The summed E-state index contributed by atoms with van der Waals surface area (Å²) in [5.74, 6) is -9.61. The molecule has 12 atom stereocenters. The van der Waals surface area contributed by atoms with Gasteiger partial charge in [0, 0.05) is 47.7 Å². The van der Waals surface area contributed by atoms with E-state index in [1.807, 2.05) is 13.8 Å². The lowest BCUT2D eigenvalue weighted by Crippen LogP contribution is -2.67. The highest BCUT2D eigenvalue weighted by Gasteiger charge is 2.72. The van der Waals surface area contributed by atoms with Gasteiger partial charge in [0.1, 0.15) is 23.0 Å². The molecular weight excluding hydrogens is 794 g/mol. The van der Waals surface area contributed by atoms with Crippen LogP contribution < -0.4 is 0 Å². The molecule has 12 nitrogen and oxygen atoms in total. The van der Waals surface area contributed by atoms with Crippen molar-refractivity contribution < 1.29 is 83.9 Å². The molecule has 314 valence electrons. The van der Waals surface area contributed by atoms with E-state index in [1.165, 1.54) is 12.1 Å². The predicted octanol–water partition coefficient (Wildman–Crippen LogP) is 8.19. The van der Waals surface area contributed by atoms with Crippen molar-refractivity contribution in [3.05, 3.63) is 44.6 Å². The molecule has 1 aromatic rings. The van der Waals surface area contributed by atoms with Crippen LogP contribution >= 0.6 is 11.3 Å². The molecule has 8 aliphatic heterocycles. The zero-order valence-electron chi connectivity index (χ0n) is 31.4. The first-order valence-electron chi connectivity index (χ1n) is 19.3. The normalized spacial score (nSPS) is 42.3. The number of fused-ring (bicyclic) bond motifs is 4. The molecule has 19 heteroatoms. The van der Waals surface area contributed by atoms with Crippen molar-refractivity contribution in [2.75, 3.05) is 13.2 Å². The molecule has 1 aromatic heterocycles. The van der Waals surface area contributed by atoms with Crippen LogP contribution in [0.3, 0.4) is 0 Å². The fraction of sp³-hybridized carbons (Fsp3) is 0.737. The fourth-order valence-corrected chi connectivity index (χ4v) is 11.6. The Morgan fingerprint density at radius 2 is 1.07 bits per heavy atom. The van der Waals surface area contributed by atoms with Gasteiger partial charge in [0.05, 0.1) is 0 Å². The smallest absolute Gasteiger partial charge is 0.449 e. The van der Waals surface area contributed by atoms with Crippen LogP contribution in [0.1, 0.15) is 98.4 Å². The van der Waals surface area contributed by atoms with Gasteiger partial charge in [-0.15, -0.1) is 11.3 Å². The van der Waals surface area contributed by atoms with E-state index in [-0.39, 0.29) is 57.4 Å². The molecule has 8 fully saturated rings. The molecule has 6 saturated heterocycles. The van der Waals surface area contributed by atoms with E-state index in [1.54, 1.807) is 13.8 Å². The summed E-state index contributed by atoms with van der Waals surface area (Å²) < 4.78 is 121. The van der Waals surface area contributed by atoms with E-state index in [0.29, 0.717) is 49.9 Å². The van der Waals surface area contributed by atoms with Crippen molar-refractivity contribution in [2.24, 2.45) is 35.5 Å². The molecular formula is C38H42F6O12S. The predicted molar refractivity (Wildman–Crippen MR) is 179 cm³/mol. The van der Waals surface area contributed by atoms with Gasteiger partial charge in [-0.2, -0.15) is 26.3 Å². The first-order valence-corrected chi connectivity index (χ1v) is 20.1. The average Bonchev–Trinajstić information content (AvgIpc) is 3.39. The van der Waals surface area contributed by atoms with Crippen molar-refractivity contribution in [3.63, 3.8) is 0 Å². The van der Waals surface area contributed by atoms with Gasteiger partial charge in [-0.3, -0.25) is 0 Å². The maximum absolute atomic E-state index is 14.6. The lowest BCUT2D eigenvalue weighted by molar-refractivity contribution is -0.558. The van der Waals surface area contributed by atoms with Crippen LogP contribution in [-0.2, 0) is 48.0 Å². The Balaban J connectivity index is 0.928. The molecule has 2 aliphatic carbocycles. The van der Waals surface area contributed by atoms with Gasteiger partial charge in [0.15, 0.2) is 11.2 Å². The molecule has 10 aliphatic rings. The Kier molecular flexibility index (Phi) is 9.21. The molecule has 2 spiro atoms. The Morgan fingerprint density at radius 3 is 1.46 bits per heavy atom. The first-order chi connectivity index (χ1) is 26.8. The third-order valence-electron chi connectivity index (χ3n) is 13.6. The monoisotopic (exact) mass is 836 g/mol. The second-order valence-electron chi connectivity index (χ2n) is 17.0. The second kappa shape index (κ2) is 13.3. The quantitative estimate of drug-likeness (QED) is 0.156. The molecule has 0 unspecified atom stereocenters. The number of halogens is 6. The van der Waals surface area contributed by atoms with Gasteiger partial charge < -0.3 is 28.4 Å². The standard InChI is InChI=1S/C38H42F6O12S/c1-17-5-7-23-19(27(37(39,40)41)49-31-35(23)21(17)11-13-33(3,51-31)53-55-35)15-47-29(45)25-9-10-26(57-25)30(46)48-16-20-24-8-6-18(2)22-12-14-34(4)52-32(36(22,24)56-54-34)50-28(20)38(42,43)44/h9-10,17-18,21-24,31-32H,5-8,11-16H2,1-4H3/t17-,18-,21+,22+,23+,24+,31-,32-,33+,34+,35-,36-/m1/s1. The number of ether oxygens (including phenoxy) is 6. The van der Waals surface area contributed by atoms with E-state index in [9.17, 15) is 35.9 Å². The van der Waals surface area contributed by atoms with Crippen LogP contribution in [0.15, 0.2) is 34.8 Å². The lowest BCUT2D eigenvalue weighted by Gasteiger charge is -2.57. The van der Waals surface area contributed by atoms with Gasteiger partial charge in [-0.1, -0.05) is 13.8 Å². The molecule has 2 saturated carbocycles. The summed E-state index contributed by atoms with van der Waals surface area (Å²) >= 11 is 0.615. The van der Waals surface area contributed by atoms with Crippen molar-refractivity contribution in [1.82, 2.24) is 0 Å². The molecule has 11 rings (SSSR count). The highest BCUT2D eigenvalue weighted by atomic mass is 32.1. The molecule has 9 heterocycles. The van der Waals surface area contributed by atoms with Gasteiger partial charge in [-0.25, -0.2) is 29.1 Å². The molecule has 0 radical (unpaired) electrons. The third-order valence-corrected chi connectivity index (χ3v) is 14.6. The van der Waals surface area contributed by atoms with Gasteiger partial charge >= 0.3 is 24.3 Å². The summed E-state index contributed by atoms with van der Waals surface area (Å²) in [5, 5.41) is 0. The minimum Gasteiger partial charge on any atom is -0.457 e. The molecule has 0 N–H and O–H groups in total. The Bertz CT molecular complexity index is 1770. The van der Waals surface area contributed by atoms with E-state index >= 15 is 0 Å². The largest absolute Gasteiger partial charge is 0.457 e. The zero-order valence-corrected chi connectivity index (χ0v) is 32.2. The van der Waals surface area contributed by atoms with Crippen molar-refractivity contribution >= 4 is 23.3 Å². The van der Waals surface area contributed by atoms with E-state index in [0.717, 1.165) is 0 Å². The highest BCUT2D eigenvalue weighted by molar-refractivity contribution is 7.15. The number of carbonyl (C=O) groups is 2. The van der Waals surface area contributed by atoms with Crippen LogP contribution in [0.4, 0.5) is 26.3 Å². The summed E-state index contributed by atoms with van der Waals surface area (Å²) in [6.45, 7) is 5.55. The number of allylic oxidation sites excluding steroid dienone is 2. The van der Waals surface area contributed by atoms with Crippen LogP contribution in [0.5, 0.6) is 0 Å². The number of carbonyl (C=O) groups excluding carboxylic acids is 2. The van der Waals surface area contributed by atoms with E-state index in [2.05, 4.69) is 0 Å². The number of esters is 2. The van der Waals surface area contributed by atoms with Crippen molar-refractivity contribution in [2.45, 2.75) is 127 Å². The van der Waals surface area contributed by atoms with Crippen LogP contribution in [0.25, 0.3) is 0 Å². The molecule has 0 aromatic carbocycles. The minimum absolute atomic E-state index is 0.0502. The number of rotatable bonds is 6. The Labute approximate surface area is 326 Å². The van der Waals surface area contributed by atoms with Crippen LogP contribution in [0, 0.1) is 35.5 Å².